The summed E-state index contributed by atoms with van der Waals surface area (Å²) in [6.07, 6.45) is 1.04. The van der Waals surface area contributed by atoms with Gasteiger partial charge in [-0.3, -0.25) is 10.1 Å². The Morgan fingerprint density at radius 3 is 2.35 bits per heavy atom. The van der Waals surface area contributed by atoms with Gasteiger partial charge in [0.15, 0.2) is 5.13 Å². The SMILES string of the molecule is Cc1csc(NC(=O)c2ccc(S(=O)(=O)N3CC(C)CC(C)C3)cc2)n1. The van der Waals surface area contributed by atoms with Crippen molar-refractivity contribution in [2.75, 3.05) is 18.4 Å². The second-order valence-electron chi connectivity index (χ2n) is 7.04. The minimum atomic E-state index is -3.53. The molecule has 140 valence electrons. The Hall–Kier alpha value is -1.77. The number of sulfonamides is 1. The summed E-state index contributed by atoms with van der Waals surface area (Å²) in [5.74, 6) is 0.393. The van der Waals surface area contributed by atoms with Crippen LogP contribution in [-0.2, 0) is 10.0 Å². The fourth-order valence-corrected chi connectivity index (χ4v) is 5.67. The quantitative estimate of drug-likeness (QED) is 0.864. The number of benzene rings is 1. The molecule has 1 aromatic carbocycles. The Labute approximate surface area is 158 Å². The van der Waals surface area contributed by atoms with E-state index in [1.807, 2.05) is 12.3 Å². The Bertz CT molecular complexity index is 881. The van der Waals surface area contributed by atoms with E-state index in [1.54, 1.807) is 16.4 Å². The first-order valence-corrected chi connectivity index (χ1v) is 10.9. The normalized spacial score (nSPS) is 21.5. The highest BCUT2D eigenvalue weighted by Crippen LogP contribution is 2.27. The maximum atomic E-state index is 12.9. The van der Waals surface area contributed by atoms with Gasteiger partial charge >= 0.3 is 0 Å². The molecule has 0 saturated carbocycles. The molecule has 2 aromatic rings. The van der Waals surface area contributed by atoms with Crippen LogP contribution >= 0.6 is 11.3 Å². The lowest BCUT2D eigenvalue weighted by Crippen LogP contribution is -2.42. The van der Waals surface area contributed by atoms with Gasteiger partial charge in [0.05, 0.1) is 10.6 Å². The van der Waals surface area contributed by atoms with Gasteiger partial charge in [0.1, 0.15) is 0 Å². The summed E-state index contributed by atoms with van der Waals surface area (Å²) in [5.41, 5.74) is 1.24. The molecule has 1 aromatic heterocycles. The molecule has 1 amide bonds. The number of aryl methyl sites for hydroxylation is 1. The largest absolute Gasteiger partial charge is 0.298 e. The van der Waals surface area contributed by atoms with Gasteiger partial charge in [0.2, 0.25) is 10.0 Å². The smallest absolute Gasteiger partial charge is 0.257 e. The number of aromatic nitrogens is 1. The van der Waals surface area contributed by atoms with E-state index in [2.05, 4.69) is 24.1 Å². The third kappa shape index (κ3) is 4.13. The highest BCUT2D eigenvalue weighted by Gasteiger charge is 2.31. The lowest BCUT2D eigenvalue weighted by molar-refractivity contribution is 0.102. The van der Waals surface area contributed by atoms with Crippen LogP contribution in [0.2, 0.25) is 0 Å². The van der Waals surface area contributed by atoms with Crippen LogP contribution in [0.25, 0.3) is 0 Å². The Kier molecular flexibility index (Phi) is 5.45. The first-order valence-electron chi connectivity index (χ1n) is 8.59. The molecule has 3 rings (SSSR count). The summed E-state index contributed by atoms with van der Waals surface area (Å²) in [7, 11) is -3.53. The molecular formula is C18H23N3O3S2. The van der Waals surface area contributed by atoms with Crippen LogP contribution in [0.5, 0.6) is 0 Å². The second kappa shape index (κ2) is 7.46. The lowest BCUT2D eigenvalue weighted by atomic mass is 9.94. The maximum Gasteiger partial charge on any atom is 0.257 e. The number of nitrogens with zero attached hydrogens (tertiary/aromatic N) is 2. The number of amides is 1. The van der Waals surface area contributed by atoms with E-state index in [9.17, 15) is 13.2 Å². The molecule has 6 nitrogen and oxygen atoms in total. The summed E-state index contributed by atoms with van der Waals surface area (Å²) in [6.45, 7) is 7.09. The summed E-state index contributed by atoms with van der Waals surface area (Å²) in [4.78, 5) is 16.7. The number of hydrogen-bond acceptors (Lipinski definition) is 5. The maximum absolute atomic E-state index is 12.9. The first kappa shape index (κ1) is 19.0. The second-order valence-corrected chi connectivity index (χ2v) is 9.84. The van der Waals surface area contributed by atoms with Crippen molar-refractivity contribution in [3.8, 4) is 0 Å². The molecule has 2 unspecified atom stereocenters. The molecule has 1 aliphatic rings. The molecule has 1 N–H and O–H groups in total. The van der Waals surface area contributed by atoms with Gasteiger partial charge in [0.25, 0.3) is 5.91 Å². The number of piperidine rings is 1. The van der Waals surface area contributed by atoms with Crippen molar-refractivity contribution in [1.82, 2.24) is 9.29 Å². The van der Waals surface area contributed by atoms with E-state index in [0.717, 1.165) is 12.1 Å². The van der Waals surface area contributed by atoms with Crippen LogP contribution in [0, 0.1) is 18.8 Å². The van der Waals surface area contributed by atoms with Crippen molar-refractivity contribution in [3.05, 3.63) is 40.9 Å². The van der Waals surface area contributed by atoms with Gasteiger partial charge in [0, 0.05) is 24.0 Å². The zero-order valence-electron chi connectivity index (χ0n) is 15.1. The van der Waals surface area contributed by atoms with E-state index in [0.29, 0.717) is 35.6 Å². The van der Waals surface area contributed by atoms with Gasteiger partial charge in [-0.2, -0.15) is 4.31 Å². The number of anilines is 1. The number of carbonyl (C=O) groups is 1. The van der Waals surface area contributed by atoms with Crippen molar-refractivity contribution in [1.29, 1.82) is 0 Å². The Balaban J connectivity index is 1.75. The topological polar surface area (TPSA) is 79.4 Å². The lowest BCUT2D eigenvalue weighted by Gasteiger charge is -2.34. The van der Waals surface area contributed by atoms with E-state index in [-0.39, 0.29) is 10.8 Å². The van der Waals surface area contributed by atoms with Crippen LogP contribution in [0.15, 0.2) is 34.5 Å². The number of rotatable bonds is 4. The average molecular weight is 394 g/mol. The molecule has 0 bridgehead atoms. The third-order valence-electron chi connectivity index (χ3n) is 4.43. The molecule has 0 radical (unpaired) electrons. The zero-order valence-corrected chi connectivity index (χ0v) is 16.7. The average Bonchev–Trinajstić information content (AvgIpc) is 2.99. The van der Waals surface area contributed by atoms with Crippen LogP contribution in [0.1, 0.15) is 36.3 Å². The highest BCUT2D eigenvalue weighted by molar-refractivity contribution is 7.89. The molecule has 2 atom stereocenters. The van der Waals surface area contributed by atoms with Crippen molar-refractivity contribution >= 4 is 32.4 Å². The number of hydrogen-bond donors (Lipinski definition) is 1. The van der Waals surface area contributed by atoms with Crippen molar-refractivity contribution in [2.45, 2.75) is 32.1 Å². The molecule has 8 heteroatoms. The number of nitrogens with one attached hydrogen (secondary N) is 1. The van der Waals surface area contributed by atoms with Crippen molar-refractivity contribution in [2.24, 2.45) is 11.8 Å². The molecular weight excluding hydrogens is 370 g/mol. The van der Waals surface area contributed by atoms with Crippen LogP contribution in [0.3, 0.4) is 0 Å². The zero-order chi connectivity index (χ0) is 18.9. The molecule has 0 aliphatic carbocycles. The standard InChI is InChI=1S/C18H23N3O3S2/c1-12-8-13(2)10-21(9-12)26(23,24)16-6-4-15(5-7-16)17(22)20-18-19-14(3)11-25-18/h4-7,11-13H,8-10H2,1-3H3,(H,19,20,22). The Morgan fingerprint density at radius 1 is 1.19 bits per heavy atom. The van der Waals surface area contributed by atoms with Crippen LogP contribution < -0.4 is 5.32 Å². The fourth-order valence-electron chi connectivity index (χ4n) is 3.31. The van der Waals surface area contributed by atoms with Crippen molar-refractivity contribution < 1.29 is 13.2 Å². The van der Waals surface area contributed by atoms with E-state index in [4.69, 9.17) is 0 Å². The molecule has 2 heterocycles. The minimum absolute atomic E-state index is 0.223. The molecule has 0 spiro atoms. The van der Waals surface area contributed by atoms with Crippen LogP contribution in [-0.4, -0.2) is 36.7 Å². The Morgan fingerprint density at radius 2 is 1.81 bits per heavy atom. The summed E-state index contributed by atoms with van der Waals surface area (Å²) >= 11 is 1.35. The summed E-state index contributed by atoms with van der Waals surface area (Å²) in [6, 6.07) is 6.08. The predicted octanol–water partition coefficient (Wildman–Crippen LogP) is 3.37. The fraction of sp³-hybridized carbons (Fsp3) is 0.444. The minimum Gasteiger partial charge on any atom is -0.298 e. The molecule has 1 aliphatic heterocycles. The van der Waals surface area contributed by atoms with E-state index in [1.165, 1.54) is 23.5 Å². The van der Waals surface area contributed by atoms with Gasteiger partial charge in [-0.25, -0.2) is 13.4 Å². The van der Waals surface area contributed by atoms with Gasteiger partial charge in [-0.1, -0.05) is 13.8 Å². The number of carbonyl (C=O) groups excluding carboxylic acids is 1. The third-order valence-corrected chi connectivity index (χ3v) is 7.15. The molecule has 1 fully saturated rings. The van der Waals surface area contributed by atoms with E-state index >= 15 is 0 Å². The van der Waals surface area contributed by atoms with Gasteiger partial charge in [-0.15, -0.1) is 11.3 Å². The van der Waals surface area contributed by atoms with Crippen LogP contribution in [0.4, 0.5) is 5.13 Å². The summed E-state index contributed by atoms with van der Waals surface area (Å²) < 4.78 is 27.3. The van der Waals surface area contributed by atoms with Crippen molar-refractivity contribution in [3.63, 3.8) is 0 Å². The van der Waals surface area contributed by atoms with E-state index < -0.39 is 10.0 Å². The van der Waals surface area contributed by atoms with Gasteiger partial charge in [-0.05, 0) is 49.4 Å². The van der Waals surface area contributed by atoms with Gasteiger partial charge < -0.3 is 0 Å². The number of thiazole rings is 1. The highest BCUT2D eigenvalue weighted by atomic mass is 32.2. The predicted molar refractivity (Wildman–Crippen MR) is 103 cm³/mol. The first-order chi connectivity index (χ1) is 12.3. The molecule has 1 saturated heterocycles. The monoisotopic (exact) mass is 393 g/mol. The summed E-state index contributed by atoms with van der Waals surface area (Å²) in [5, 5.41) is 5.10. The molecule has 26 heavy (non-hydrogen) atoms.